The highest BCUT2D eigenvalue weighted by atomic mass is 16.4. The molecule has 0 unspecified atom stereocenters. The minimum Gasteiger partial charge on any atom is -0.478 e. The Morgan fingerprint density at radius 2 is 1.50 bits per heavy atom. The van der Waals surface area contributed by atoms with Crippen LogP contribution in [-0.4, -0.2) is 24.2 Å². The second kappa shape index (κ2) is 11.4. The van der Waals surface area contributed by atoms with Crippen molar-refractivity contribution in [1.29, 1.82) is 0 Å². The predicted octanol–water partition coefficient (Wildman–Crippen LogP) is 4.87. The maximum atomic E-state index is 10.3. The molecular formula is C21H29NO2. The maximum absolute atomic E-state index is 10.3. The van der Waals surface area contributed by atoms with Gasteiger partial charge in [-0.25, -0.2) is 4.79 Å². The Morgan fingerprint density at radius 1 is 0.958 bits per heavy atom. The number of hydrogen-bond donors (Lipinski definition) is 2. The van der Waals surface area contributed by atoms with Gasteiger partial charge in [-0.2, -0.15) is 0 Å². The standard InChI is InChI=1S/C11H15N.C8H8O2.C2H6/c1-2-4-10(5-3-1)11-6-8-12-9-7-11;1-6-2-4-7(5-3-6)8(9)10;1-2/h1-5,11-12H,6-9H2;2-5H,1H3,(H,9,10);1-2H3. The third-order valence-electron chi connectivity index (χ3n) is 3.91. The van der Waals surface area contributed by atoms with E-state index in [0.717, 1.165) is 11.5 Å². The molecule has 3 rings (SSSR count). The molecule has 0 aromatic heterocycles. The Hall–Kier alpha value is -2.13. The molecule has 0 saturated carbocycles. The molecule has 2 N–H and O–H groups in total. The van der Waals surface area contributed by atoms with E-state index in [2.05, 4.69) is 35.6 Å². The lowest BCUT2D eigenvalue weighted by molar-refractivity contribution is 0.0697. The maximum Gasteiger partial charge on any atom is 0.335 e. The van der Waals surface area contributed by atoms with E-state index in [1.807, 2.05) is 20.8 Å². The van der Waals surface area contributed by atoms with Crippen LogP contribution in [0.2, 0.25) is 0 Å². The Labute approximate surface area is 145 Å². The van der Waals surface area contributed by atoms with Crippen molar-refractivity contribution in [2.75, 3.05) is 13.1 Å². The fourth-order valence-corrected chi connectivity index (χ4v) is 2.58. The van der Waals surface area contributed by atoms with Crippen LogP contribution in [0.4, 0.5) is 0 Å². The largest absolute Gasteiger partial charge is 0.478 e. The highest BCUT2D eigenvalue weighted by Crippen LogP contribution is 2.24. The van der Waals surface area contributed by atoms with Crippen molar-refractivity contribution in [3.8, 4) is 0 Å². The van der Waals surface area contributed by atoms with E-state index in [9.17, 15) is 4.79 Å². The lowest BCUT2D eigenvalue weighted by Crippen LogP contribution is -2.26. The predicted molar refractivity (Wildman–Crippen MR) is 101 cm³/mol. The summed E-state index contributed by atoms with van der Waals surface area (Å²) in [6.45, 7) is 8.28. The number of carboxylic acid groups (broad SMARTS) is 1. The van der Waals surface area contributed by atoms with Crippen LogP contribution >= 0.6 is 0 Å². The number of aryl methyl sites for hydroxylation is 1. The summed E-state index contributed by atoms with van der Waals surface area (Å²) in [5.41, 5.74) is 2.93. The Morgan fingerprint density at radius 3 is 2.00 bits per heavy atom. The number of nitrogens with one attached hydrogen (secondary N) is 1. The molecule has 2 aromatic rings. The number of benzene rings is 2. The summed E-state index contributed by atoms with van der Waals surface area (Å²) in [5, 5.41) is 11.9. The van der Waals surface area contributed by atoms with Gasteiger partial charge in [0.05, 0.1) is 5.56 Å². The molecule has 0 spiro atoms. The number of rotatable bonds is 2. The van der Waals surface area contributed by atoms with E-state index in [1.54, 1.807) is 24.3 Å². The van der Waals surface area contributed by atoms with Crippen molar-refractivity contribution in [2.45, 2.75) is 39.5 Å². The first kappa shape index (κ1) is 19.9. The SMILES string of the molecule is CC.Cc1ccc(C(=O)O)cc1.c1ccc(C2CCNCC2)cc1. The van der Waals surface area contributed by atoms with E-state index in [4.69, 9.17) is 5.11 Å². The molecule has 1 aliphatic rings. The molecule has 0 aliphatic carbocycles. The van der Waals surface area contributed by atoms with E-state index >= 15 is 0 Å². The van der Waals surface area contributed by atoms with Gasteiger partial charge in [-0.15, -0.1) is 0 Å². The topological polar surface area (TPSA) is 49.3 Å². The zero-order valence-electron chi connectivity index (χ0n) is 15.0. The van der Waals surface area contributed by atoms with Crippen LogP contribution in [0.1, 0.15) is 54.1 Å². The van der Waals surface area contributed by atoms with E-state index in [-0.39, 0.29) is 0 Å². The van der Waals surface area contributed by atoms with Gasteiger partial charge in [-0.05, 0) is 56.5 Å². The zero-order valence-corrected chi connectivity index (χ0v) is 15.0. The molecule has 1 heterocycles. The number of carboxylic acids is 1. The average molecular weight is 327 g/mol. The van der Waals surface area contributed by atoms with Crippen molar-refractivity contribution in [3.05, 3.63) is 71.3 Å². The first-order valence-electron chi connectivity index (χ1n) is 8.72. The van der Waals surface area contributed by atoms with Gasteiger partial charge in [0.15, 0.2) is 0 Å². The molecule has 3 nitrogen and oxygen atoms in total. The number of aromatic carboxylic acids is 1. The normalized spacial score (nSPS) is 13.8. The highest BCUT2D eigenvalue weighted by molar-refractivity contribution is 5.87. The van der Waals surface area contributed by atoms with E-state index < -0.39 is 5.97 Å². The van der Waals surface area contributed by atoms with Crippen molar-refractivity contribution in [1.82, 2.24) is 5.32 Å². The van der Waals surface area contributed by atoms with Crippen molar-refractivity contribution in [2.24, 2.45) is 0 Å². The quantitative estimate of drug-likeness (QED) is 0.827. The van der Waals surface area contributed by atoms with Gasteiger partial charge < -0.3 is 10.4 Å². The molecule has 0 amide bonds. The van der Waals surface area contributed by atoms with Crippen LogP contribution in [0.5, 0.6) is 0 Å². The molecule has 0 radical (unpaired) electrons. The summed E-state index contributed by atoms with van der Waals surface area (Å²) >= 11 is 0. The molecule has 130 valence electrons. The van der Waals surface area contributed by atoms with Gasteiger partial charge >= 0.3 is 5.97 Å². The summed E-state index contributed by atoms with van der Waals surface area (Å²) in [4.78, 5) is 10.3. The molecule has 1 aliphatic heterocycles. The second-order valence-corrected chi connectivity index (χ2v) is 5.61. The summed E-state index contributed by atoms with van der Waals surface area (Å²) in [6, 6.07) is 17.6. The molecular weight excluding hydrogens is 298 g/mol. The smallest absolute Gasteiger partial charge is 0.335 e. The van der Waals surface area contributed by atoms with Crippen LogP contribution in [0.25, 0.3) is 0 Å². The van der Waals surface area contributed by atoms with Crippen molar-refractivity contribution < 1.29 is 9.90 Å². The number of hydrogen-bond acceptors (Lipinski definition) is 2. The molecule has 3 heteroatoms. The Bertz CT molecular complexity index is 573. The van der Waals surface area contributed by atoms with Gasteiger partial charge in [-0.1, -0.05) is 61.9 Å². The Balaban J connectivity index is 0.000000221. The first-order chi connectivity index (χ1) is 11.7. The van der Waals surface area contributed by atoms with Crippen LogP contribution in [-0.2, 0) is 0 Å². The van der Waals surface area contributed by atoms with E-state index in [1.165, 1.54) is 31.5 Å². The van der Waals surface area contributed by atoms with Crippen LogP contribution < -0.4 is 5.32 Å². The number of carbonyl (C=O) groups is 1. The summed E-state index contributed by atoms with van der Waals surface area (Å²) in [7, 11) is 0. The van der Waals surface area contributed by atoms with Gasteiger partial charge in [-0.3, -0.25) is 0 Å². The van der Waals surface area contributed by atoms with Gasteiger partial charge in [0.1, 0.15) is 0 Å². The fraction of sp³-hybridized carbons (Fsp3) is 0.381. The zero-order chi connectivity index (χ0) is 17.8. The Kier molecular flexibility index (Phi) is 9.47. The van der Waals surface area contributed by atoms with Crippen LogP contribution in [0, 0.1) is 6.92 Å². The van der Waals surface area contributed by atoms with Crippen molar-refractivity contribution >= 4 is 5.97 Å². The first-order valence-corrected chi connectivity index (χ1v) is 8.72. The third-order valence-corrected chi connectivity index (χ3v) is 3.91. The number of piperidine rings is 1. The highest BCUT2D eigenvalue weighted by Gasteiger charge is 2.13. The van der Waals surface area contributed by atoms with Gasteiger partial charge in [0.25, 0.3) is 0 Å². The van der Waals surface area contributed by atoms with Gasteiger partial charge in [0.2, 0.25) is 0 Å². The van der Waals surface area contributed by atoms with Crippen LogP contribution in [0.15, 0.2) is 54.6 Å². The second-order valence-electron chi connectivity index (χ2n) is 5.61. The van der Waals surface area contributed by atoms with E-state index in [0.29, 0.717) is 5.56 Å². The molecule has 0 bridgehead atoms. The summed E-state index contributed by atoms with van der Waals surface area (Å²) in [5.74, 6) is -0.0764. The molecule has 2 aromatic carbocycles. The molecule has 24 heavy (non-hydrogen) atoms. The monoisotopic (exact) mass is 327 g/mol. The lowest BCUT2D eigenvalue weighted by atomic mass is 9.90. The molecule has 1 fully saturated rings. The summed E-state index contributed by atoms with van der Waals surface area (Å²) in [6.07, 6.45) is 2.59. The molecule has 0 atom stereocenters. The molecule has 1 saturated heterocycles. The minimum absolute atomic E-state index is 0.339. The van der Waals surface area contributed by atoms with Crippen molar-refractivity contribution in [3.63, 3.8) is 0 Å². The van der Waals surface area contributed by atoms with Crippen LogP contribution in [0.3, 0.4) is 0 Å². The average Bonchev–Trinajstić information content (AvgIpc) is 2.66. The lowest BCUT2D eigenvalue weighted by Gasteiger charge is -2.22. The fourth-order valence-electron chi connectivity index (χ4n) is 2.58. The third kappa shape index (κ3) is 6.97. The van der Waals surface area contributed by atoms with Gasteiger partial charge in [0, 0.05) is 0 Å². The minimum atomic E-state index is -0.875. The summed E-state index contributed by atoms with van der Waals surface area (Å²) < 4.78 is 0.